The maximum atomic E-state index is 12.2. The molecule has 0 unspecified atom stereocenters. The number of halogens is 3. The summed E-state index contributed by atoms with van der Waals surface area (Å²) in [6.07, 6.45) is -3.28. The molecule has 0 radical (unpaired) electrons. The van der Waals surface area contributed by atoms with Crippen molar-refractivity contribution in [3.05, 3.63) is 42.6 Å². The van der Waals surface area contributed by atoms with E-state index < -0.39 is 6.36 Å². The van der Waals surface area contributed by atoms with Gasteiger partial charge >= 0.3 is 6.36 Å². The van der Waals surface area contributed by atoms with Crippen molar-refractivity contribution < 1.29 is 17.9 Å². The largest absolute Gasteiger partial charge is 0.573 e. The second-order valence-electron chi connectivity index (χ2n) is 3.15. The summed E-state index contributed by atoms with van der Waals surface area (Å²) in [5, 5.41) is 7.35. The van der Waals surface area contributed by atoms with E-state index in [0.29, 0.717) is 5.69 Å². The van der Waals surface area contributed by atoms with E-state index >= 15 is 0 Å². The summed E-state index contributed by atoms with van der Waals surface area (Å²) >= 11 is 0. The van der Waals surface area contributed by atoms with Crippen LogP contribution in [0.25, 0.3) is 11.3 Å². The first-order chi connectivity index (χ1) is 8.06. The monoisotopic (exact) mass is 240 g/mol. The Hall–Kier alpha value is -2.11. The van der Waals surface area contributed by atoms with Gasteiger partial charge in [0.15, 0.2) is 0 Å². The molecule has 1 aromatic heterocycles. The average Bonchev–Trinajstić information content (AvgIpc) is 2.29. The van der Waals surface area contributed by atoms with E-state index in [0.717, 1.165) is 0 Å². The molecule has 0 atom stereocenters. The highest BCUT2D eigenvalue weighted by atomic mass is 19.4. The minimum Gasteiger partial charge on any atom is -0.405 e. The third-order valence-corrected chi connectivity index (χ3v) is 1.96. The molecule has 6 heteroatoms. The van der Waals surface area contributed by atoms with E-state index in [2.05, 4.69) is 14.9 Å². The van der Waals surface area contributed by atoms with E-state index in [1.54, 1.807) is 18.2 Å². The maximum absolute atomic E-state index is 12.2. The fourth-order valence-corrected chi connectivity index (χ4v) is 1.34. The van der Waals surface area contributed by atoms with E-state index in [1.165, 1.54) is 24.4 Å². The van der Waals surface area contributed by atoms with Crippen LogP contribution in [0, 0.1) is 0 Å². The van der Waals surface area contributed by atoms with Crippen LogP contribution < -0.4 is 4.74 Å². The predicted octanol–water partition coefficient (Wildman–Crippen LogP) is 3.04. The molecule has 0 saturated carbocycles. The number of rotatable bonds is 2. The molecule has 0 aliphatic rings. The molecule has 1 aromatic carbocycles. The minimum atomic E-state index is -4.72. The lowest BCUT2D eigenvalue weighted by atomic mass is 10.1. The second kappa shape index (κ2) is 4.40. The number of nitrogens with zero attached hydrogens (tertiary/aromatic N) is 2. The van der Waals surface area contributed by atoms with Crippen LogP contribution in [0.15, 0.2) is 42.6 Å². The highest BCUT2D eigenvalue weighted by Gasteiger charge is 2.32. The molecule has 0 N–H and O–H groups in total. The zero-order valence-corrected chi connectivity index (χ0v) is 8.48. The van der Waals surface area contributed by atoms with Crippen LogP contribution in [0.1, 0.15) is 0 Å². The first-order valence-electron chi connectivity index (χ1n) is 4.69. The van der Waals surface area contributed by atoms with Crippen LogP contribution in [0.3, 0.4) is 0 Å². The van der Waals surface area contributed by atoms with Crippen molar-refractivity contribution in [3.63, 3.8) is 0 Å². The van der Waals surface area contributed by atoms with E-state index in [9.17, 15) is 13.2 Å². The Morgan fingerprint density at radius 1 is 1.00 bits per heavy atom. The van der Waals surface area contributed by atoms with Crippen molar-refractivity contribution in [1.82, 2.24) is 10.2 Å². The Balaban J connectivity index is 2.41. The molecule has 0 spiro atoms. The van der Waals surface area contributed by atoms with Crippen molar-refractivity contribution >= 4 is 0 Å². The summed E-state index contributed by atoms with van der Waals surface area (Å²) in [4.78, 5) is 0. The Morgan fingerprint density at radius 2 is 1.76 bits per heavy atom. The number of hydrogen-bond donors (Lipinski definition) is 0. The molecule has 88 valence electrons. The number of ether oxygens (including phenoxy) is 1. The van der Waals surface area contributed by atoms with Gasteiger partial charge in [0.2, 0.25) is 0 Å². The zero-order valence-electron chi connectivity index (χ0n) is 8.48. The quantitative estimate of drug-likeness (QED) is 0.809. The Labute approximate surface area is 94.9 Å². The molecule has 0 saturated heterocycles. The van der Waals surface area contributed by atoms with Crippen molar-refractivity contribution in [2.45, 2.75) is 6.36 Å². The molecular weight excluding hydrogens is 233 g/mol. The van der Waals surface area contributed by atoms with Crippen molar-refractivity contribution in [3.8, 4) is 17.0 Å². The minimum absolute atomic E-state index is 0.248. The SMILES string of the molecule is FC(F)(F)Oc1ccccc1-c1cccnn1. The van der Waals surface area contributed by atoms with Gasteiger partial charge in [0, 0.05) is 11.8 Å². The topological polar surface area (TPSA) is 35.0 Å². The van der Waals surface area contributed by atoms with Gasteiger partial charge in [0.25, 0.3) is 0 Å². The number of hydrogen-bond acceptors (Lipinski definition) is 3. The lowest BCUT2D eigenvalue weighted by molar-refractivity contribution is -0.274. The zero-order chi connectivity index (χ0) is 12.3. The lowest BCUT2D eigenvalue weighted by Crippen LogP contribution is -2.17. The number of para-hydroxylation sites is 1. The van der Waals surface area contributed by atoms with Crippen molar-refractivity contribution in [2.75, 3.05) is 0 Å². The third-order valence-electron chi connectivity index (χ3n) is 1.96. The van der Waals surface area contributed by atoms with Crippen molar-refractivity contribution in [1.29, 1.82) is 0 Å². The standard InChI is InChI=1S/C11H7F3N2O/c12-11(13,14)17-10-6-2-1-4-8(10)9-5-3-7-15-16-9/h1-7H. The molecule has 0 fully saturated rings. The predicted molar refractivity (Wildman–Crippen MR) is 54.2 cm³/mol. The molecule has 2 aromatic rings. The maximum Gasteiger partial charge on any atom is 0.573 e. The summed E-state index contributed by atoms with van der Waals surface area (Å²) in [7, 11) is 0. The van der Waals surface area contributed by atoms with E-state index in [1.807, 2.05) is 0 Å². The van der Waals surface area contributed by atoms with Crippen LogP contribution in [0.2, 0.25) is 0 Å². The fourth-order valence-electron chi connectivity index (χ4n) is 1.34. The highest BCUT2D eigenvalue weighted by Crippen LogP contribution is 2.32. The Bertz CT molecular complexity index is 500. The summed E-state index contributed by atoms with van der Waals surface area (Å²) in [6, 6.07) is 8.94. The van der Waals surface area contributed by atoms with Crippen LogP contribution in [0.5, 0.6) is 5.75 Å². The molecule has 1 heterocycles. The molecule has 3 nitrogen and oxygen atoms in total. The molecule has 0 aliphatic heterocycles. The normalized spacial score (nSPS) is 11.2. The van der Waals surface area contributed by atoms with Crippen LogP contribution >= 0.6 is 0 Å². The average molecular weight is 240 g/mol. The fraction of sp³-hybridized carbons (Fsp3) is 0.0909. The first-order valence-corrected chi connectivity index (χ1v) is 4.69. The van der Waals surface area contributed by atoms with Gasteiger partial charge in [-0.2, -0.15) is 10.2 Å². The molecule has 2 rings (SSSR count). The second-order valence-corrected chi connectivity index (χ2v) is 3.15. The Kier molecular flexibility index (Phi) is 2.95. The Morgan fingerprint density at radius 3 is 2.41 bits per heavy atom. The van der Waals surface area contributed by atoms with Gasteiger partial charge in [-0.05, 0) is 24.3 Å². The smallest absolute Gasteiger partial charge is 0.405 e. The van der Waals surface area contributed by atoms with E-state index in [-0.39, 0.29) is 11.3 Å². The summed E-state index contributed by atoms with van der Waals surface area (Å²) in [6.45, 7) is 0. The van der Waals surface area contributed by atoms with Gasteiger partial charge in [-0.15, -0.1) is 13.2 Å². The van der Waals surface area contributed by atoms with Gasteiger partial charge in [-0.1, -0.05) is 12.1 Å². The van der Waals surface area contributed by atoms with E-state index in [4.69, 9.17) is 0 Å². The molecule has 0 aliphatic carbocycles. The molecule has 0 amide bonds. The van der Waals surface area contributed by atoms with Crippen LogP contribution in [-0.4, -0.2) is 16.6 Å². The molecule has 0 bridgehead atoms. The highest BCUT2D eigenvalue weighted by molar-refractivity contribution is 5.66. The van der Waals surface area contributed by atoms with Gasteiger partial charge in [-0.25, -0.2) is 0 Å². The van der Waals surface area contributed by atoms with Crippen LogP contribution in [-0.2, 0) is 0 Å². The number of benzene rings is 1. The van der Waals surface area contributed by atoms with Gasteiger partial charge in [-0.3, -0.25) is 0 Å². The van der Waals surface area contributed by atoms with Crippen LogP contribution in [0.4, 0.5) is 13.2 Å². The van der Waals surface area contributed by atoms with Gasteiger partial charge in [0.1, 0.15) is 5.75 Å². The molecule has 17 heavy (non-hydrogen) atoms. The molecular formula is C11H7F3N2O. The van der Waals surface area contributed by atoms with Crippen molar-refractivity contribution in [2.24, 2.45) is 0 Å². The summed E-state index contributed by atoms with van der Waals surface area (Å²) in [5.41, 5.74) is 0.574. The van der Waals surface area contributed by atoms with Gasteiger partial charge in [0.05, 0.1) is 5.69 Å². The van der Waals surface area contributed by atoms with Gasteiger partial charge < -0.3 is 4.74 Å². The first kappa shape index (κ1) is 11.4. The summed E-state index contributed by atoms with van der Waals surface area (Å²) in [5.74, 6) is -0.291. The third kappa shape index (κ3) is 2.93. The summed E-state index contributed by atoms with van der Waals surface area (Å²) < 4.78 is 40.5. The lowest BCUT2D eigenvalue weighted by Gasteiger charge is -2.12. The number of alkyl halides is 3. The number of aromatic nitrogens is 2.